The minimum atomic E-state index is -0.0295. The molecule has 2 aromatic heterocycles. The van der Waals surface area contributed by atoms with E-state index < -0.39 is 0 Å². The van der Waals surface area contributed by atoms with E-state index >= 15 is 0 Å². The van der Waals surface area contributed by atoms with Crippen molar-refractivity contribution in [1.82, 2.24) is 24.6 Å². The van der Waals surface area contributed by atoms with Gasteiger partial charge in [-0.2, -0.15) is 5.10 Å². The number of carbonyl (C=O) groups is 1. The summed E-state index contributed by atoms with van der Waals surface area (Å²) in [6, 6.07) is 15.5. The number of aromatic nitrogens is 3. The summed E-state index contributed by atoms with van der Waals surface area (Å²) < 4.78 is 6.93. The van der Waals surface area contributed by atoms with E-state index in [2.05, 4.69) is 21.9 Å². The molecule has 3 heterocycles. The summed E-state index contributed by atoms with van der Waals surface area (Å²) >= 11 is 0. The number of ether oxygens (including phenoxy) is 1. The molecule has 1 aromatic carbocycles. The van der Waals surface area contributed by atoms with E-state index in [0.717, 1.165) is 49.7 Å². The van der Waals surface area contributed by atoms with Gasteiger partial charge < -0.3 is 14.5 Å². The van der Waals surface area contributed by atoms with Crippen LogP contribution in [0.3, 0.4) is 0 Å². The van der Waals surface area contributed by atoms with Gasteiger partial charge in [-0.15, -0.1) is 0 Å². The number of amides is 1. The minimum absolute atomic E-state index is 0.0295. The number of nitrogens with zero attached hydrogens (tertiary/aromatic N) is 5. The Hall–Kier alpha value is -3.19. The fraction of sp³-hybridized carbons (Fsp3) is 0.318. The van der Waals surface area contributed by atoms with Gasteiger partial charge in [-0.1, -0.05) is 37.3 Å². The van der Waals surface area contributed by atoms with Crippen molar-refractivity contribution in [1.29, 1.82) is 0 Å². The number of pyridine rings is 1. The minimum Gasteiger partial charge on any atom is -0.481 e. The average Bonchev–Trinajstić information content (AvgIpc) is 3.25. The molecule has 1 amide bonds. The SMILES string of the molecule is CCN1CCN(C(=O)c2cc(-c3ccccc3)n(-c3ccc(OC)nc3)n2)CC1. The summed E-state index contributed by atoms with van der Waals surface area (Å²) in [7, 11) is 1.58. The summed E-state index contributed by atoms with van der Waals surface area (Å²) in [5.41, 5.74) is 3.07. The number of hydrogen-bond acceptors (Lipinski definition) is 5. The molecule has 7 heteroatoms. The van der Waals surface area contributed by atoms with Crippen LogP contribution in [0.5, 0.6) is 5.88 Å². The van der Waals surface area contributed by atoms with Crippen molar-refractivity contribution in [2.24, 2.45) is 0 Å². The second-order valence-corrected chi connectivity index (χ2v) is 6.98. The largest absolute Gasteiger partial charge is 0.481 e. The Kier molecular flexibility index (Phi) is 5.57. The molecule has 0 saturated carbocycles. The van der Waals surface area contributed by atoms with E-state index in [4.69, 9.17) is 4.74 Å². The van der Waals surface area contributed by atoms with Crippen molar-refractivity contribution < 1.29 is 9.53 Å². The van der Waals surface area contributed by atoms with E-state index in [9.17, 15) is 4.79 Å². The maximum Gasteiger partial charge on any atom is 0.274 e. The zero-order chi connectivity index (χ0) is 20.2. The van der Waals surface area contributed by atoms with Crippen LogP contribution < -0.4 is 4.74 Å². The van der Waals surface area contributed by atoms with Crippen LogP contribution >= 0.6 is 0 Å². The van der Waals surface area contributed by atoms with Crippen molar-refractivity contribution in [3.05, 3.63) is 60.4 Å². The summed E-state index contributed by atoms with van der Waals surface area (Å²) in [4.78, 5) is 21.6. The van der Waals surface area contributed by atoms with Crippen LogP contribution in [-0.4, -0.2) is 70.3 Å². The molecule has 0 unspecified atom stereocenters. The molecule has 4 rings (SSSR count). The van der Waals surface area contributed by atoms with Gasteiger partial charge in [0.05, 0.1) is 24.7 Å². The molecule has 1 fully saturated rings. The number of benzene rings is 1. The molecule has 1 aliphatic rings. The first kappa shape index (κ1) is 19.1. The van der Waals surface area contributed by atoms with Crippen LogP contribution in [0.2, 0.25) is 0 Å². The molecule has 7 nitrogen and oxygen atoms in total. The van der Waals surface area contributed by atoms with E-state index in [0.29, 0.717) is 11.6 Å². The van der Waals surface area contributed by atoms with Gasteiger partial charge in [0, 0.05) is 37.8 Å². The number of likely N-dealkylation sites (N-methyl/N-ethyl adjacent to an activating group) is 1. The van der Waals surface area contributed by atoms with E-state index in [1.807, 2.05) is 47.4 Å². The van der Waals surface area contributed by atoms with Crippen LogP contribution in [0, 0.1) is 0 Å². The summed E-state index contributed by atoms with van der Waals surface area (Å²) in [6.45, 7) is 6.41. The Morgan fingerprint density at radius 2 is 1.83 bits per heavy atom. The first-order valence-electron chi connectivity index (χ1n) is 9.87. The summed E-state index contributed by atoms with van der Waals surface area (Å²) in [6.07, 6.45) is 1.70. The van der Waals surface area contributed by atoms with Crippen LogP contribution in [0.15, 0.2) is 54.7 Å². The molecule has 3 aromatic rings. The molecule has 29 heavy (non-hydrogen) atoms. The normalized spacial score (nSPS) is 14.8. The lowest BCUT2D eigenvalue weighted by atomic mass is 10.1. The highest BCUT2D eigenvalue weighted by Gasteiger charge is 2.25. The van der Waals surface area contributed by atoms with Gasteiger partial charge >= 0.3 is 0 Å². The first-order chi connectivity index (χ1) is 14.2. The van der Waals surface area contributed by atoms with Gasteiger partial charge in [-0.25, -0.2) is 9.67 Å². The first-order valence-corrected chi connectivity index (χ1v) is 9.87. The zero-order valence-corrected chi connectivity index (χ0v) is 16.8. The maximum absolute atomic E-state index is 13.1. The summed E-state index contributed by atoms with van der Waals surface area (Å²) in [5.74, 6) is 0.505. The summed E-state index contributed by atoms with van der Waals surface area (Å²) in [5, 5.41) is 4.66. The van der Waals surface area contributed by atoms with E-state index in [1.165, 1.54) is 0 Å². The molecule has 150 valence electrons. The Labute approximate surface area is 170 Å². The third-order valence-electron chi connectivity index (χ3n) is 5.28. The lowest BCUT2D eigenvalue weighted by molar-refractivity contribution is 0.0637. The zero-order valence-electron chi connectivity index (χ0n) is 16.8. The van der Waals surface area contributed by atoms with Crippen LogP contribution in [0.25, 0.3) is 16.9 Å². The third kappa shape index (κ3) is 4.00. The highest BCUT2D eigenvalue weighted by Crippen LogP contribution is 2.25. The van der Waals surface area contributed by atoms with E-state index in [-0.39, 0.29) is 5.91 Å². The second kappa shape index (κ2) is 8.45. The number of rotatable bonds is 5. The van der Waals surface area contributed by atoms with Crippen LogP contribution in [-0.2, 0) is 0 Å². The van der Waals surface area contributed by atoms with Crippen molar-refractivity contribution in [2.45, 2.75) is 6.92 Å². The molecular formula is C22H25N5O2. The molecule has 0 N–H and O–H groups in total. The standard InChI is InChI=1S/C22H25N5O2/c1-3-25-11-13-26(14-12-25)22(28)19-15-20(17-7-5-4-6-8-17)27(24-19)18-9-10-21(29-2)23-16-18/h4-10,15-16H,3,11-14H2,1-2H3. The molecule has 0 aliphatic carbocycles. The highest BCUT2D eigenvalue weighted by atomic mass is 16.5. The smallest absolute Gasteiger partial charge is 0.274 e. The van der Waals surface area contributed by atoms with Gasteiger partial charge in [0.1, 0.15) is 0 Å². The van der Waals surface area contributed by atoms with Crippen molar-refractivity contribution in [3.63, 3.8) is 0 Å². The number of methoxy groups -OCH3 is 1. The molecule has 0 bridgehead atoms. The van der Waals surface area contributed by atoms with Crippen LogP contribution in [0.4, 0.5) is 0 Å². The maximum atomic E-state index is 13.1. The predicted molar refractivity (Wildman–Crippen MR) is 111 cm³/mol. The fourth-order valence-electron chi connectivity index (χ4n) is 3.54. The number of hydrogen-bond donors (Lipinski definition) is 0. The van der Waals surface area contributed by atoms with Gasteiger partial charge in [0.15, 0.2) is 5.69 Å². The molecular weight excluding hydrogens is 366 g/mol. The Balaban J connectivity index is 1.68. The average molecular weight is 391 g/mol. The second-order valence-electron chi connectivity index (χ2n) is 6.98. The molecule has 0 atom stereocenters. The quantitative estimate of drug-likeness (QED) is 0.669. The predicted octanol–water partition coefficient (Wildman–Crippen LogP) is 2.72. The monoisotopic (exact) mass is 391 g/mol. The van der Waals surface area contributed by atoms with Crippen molar-refractivity contribution in [2.75, 3.05) is 39.8 Å². The van der Waals surface area contributed by atoms with Gasteiger partial charge in [0.25, 0.3) is 5.91 Å². The fourth-order valence-corrected chi connectivity index (χ4v) is 3.54. The Morgan fingerprint density at radius 3 is 2.45 bits per heavy atom. The molecule has 0 radical (unpaired) electrons. The Morgan fingerprint density at radius 1 is 1.07 bits per heavy atom. The number of carbonyl (C=O) groups excluding carboxylic acids is 1. The third-order valence-corrected chi connectivity index (χ3v) is 5.28. The van der Waals surface area contributed by atoms with Crippen LogP contribution in [0.1, 0.15) is 17.4 Å². The van der Waals surface area contributed by atoms with Gasteiger partial charge in [-0.3, -0.25) is 4.79 Å². The van der Waals surface area contributed by atoms with E-state index in [1.54, 1.807) is 24.1 Å². The molecule has 0 spiro atoms. The van der Waals surface area contributed by atoms with Crippen molar-refractivity contribution in [3.8, 4) is 22.8 Å². The lowest BCUT2D eigenvalue weighted by Gasteiger charge is -2.33. The van der Waals surface area contributed by atoms with Crippen molar-refractivity contribution >= 4 is 5.91 Å². The number of piperazine rings is 1. The van der Waals surface area contributed by atoms with Gasteiger partial charge in [0.2, 0.25) is 5.88 Å². The molecule has 1 aliphatic heterocycles. The molecule has 1 saturated heterocycles. The lowest BCUT2D eigenvalue weighted by Crippen LogP contribution is -2.48. The van der Waals surface area contributed by atoms with Gasteiger partial charge in [-0.05, 0) is 18.7 Å². The topological polar surface area (TPSA) is 63.5 Å². The highest BCUT2D eigenvalue weighted by molar-refractivity contribution is 5.93. The Bertz CT molecular complexity index is 961.